The third kappa shape index (κ3) is 7.21. The number of carbonyl (C=O) groups is 1. The van der Waals surface area contributed by atoms with Gasteiger partial charge in [0.25, 0.3) is 0 Å². The number of halogens is 1. The molecule has 1 amide bonds. The molecular weight excluding hydrogens is 522 g/mol. The first-order valence-electron chi connectivity index (χ1n) is 12.9. The fraction of sp³-hybridized carbons (Fsp3) is 0.345. The van der Waals surface area contributed by atoms with Crippen LogP contribution in [0.3, 0.4) is 0 Å². The van der Waals surface area contributed by atoms with Gasteiger partial charge in [0.05, 0.1) is 18.1 Å². The van der Waals surface area contributed by atoms with E-state index in [9.17, 15) is 13.2 Å². The molecule has 1 aliphatic heterocycles. The van der Waals surface area contributed by atoms with Crippen molar-refractivity contribution >= 4 is 27.5 Å². The monoisotopic (exact) mass is 555 g/mol. The van der Waals surface area contributed by atoms with Crippen molar-refractivity contribution in [2.24, 2.45) is 0 Å². The maximum Gasteiger partial charge on any atom is 0.244 e. The lowest BCUT2D eigenvalue weighted by Gasteiger charge is -2.30. The van der Waals surface area contributed by atoms with Gasteiger partial charge in [0.2, 0.25) is 15.9 Å². The van der Waals surface area contributed by atoms with E-state index in [0.29, 0.717) is 23.6 Å². The minimum absolute atomic E-state index is 0.0907. The van der Waals surface area contributed by atoms with Gasteiger partial charge in [-0.05, 0) is 54.3 Å². The molecule has 38 heavy (non-hydrogen) atoms. The summed E-state index contributed by atoms with van der Waals surface area (Å²) in [7, 11) is -4.03. The Morgan fingerprint density at radius 1 is 0.974 bits per heavy atom. The Labute approximate surface area is 230 Å². The molecule has 3 aromatic carbocycles. The van der Waals surface area contributed by atoms with Crippen molar-refractivity contribution in [1.29, 1.82) is 0 Å². The number of ether oxygens (including phenoxy) is 1. The Bertz CT molecular complexity index is 1280. The number of nitrogens with one attached hydrogen (secondary N) is 1. The second-order valence-corrected chi connectivity index (χ2v) is 11.6. The molecule has 202 valence electrons. The van der Waals surface area contributed by atoms with Gasteiger partial charge in [0.1, 0.15) is 6.04 Å². The lowest BCUT2D eigenvalue weighted by atomic mass is 10.0. The smallest absolute Gasteiger partial charge is 0.244 e. The van der Waals surface area contributed by atoms with Crippen LogP contribution in [-0.4, -0.2) is 62.9 Å². The summed E-state index contributed by atoms with van der Waals surface area (Å²) in [5.74, 6) is -0.364. The van der Waals surface area contributed by atoms with E-state index in [1.165, 1.54) is 22.0 Å². The van der Waals surface area contributed by atoms with Crippen LogP contribution in [0.5, 0.6) is 0 Å². The minimum Gasteiger partial charge on any atom is -0.379 e. The number of carbonyl (C=O) groups excluding carboxylic acids is 1. The highest BCUT2D eigenvalue weighted by Gasteiger charge is 2.36. The summed E-state index contributed by atoms with van der Waals surface area (Å²) >= 11 is 6.03. The predicted molar refractivity (Wildman–Crippen MR) is 149 cm³/mol. The van der Waals surface area contributed by atoms with Crippen LogP contribution in [0.15, 0.2) is 83.8 Å². The Kier molecular flexibility index (Phi) is 9.93. The van der Waals surface area contributed by atoms with E-state index in [1.54, 1.807) is 24.3 Å². The number of morpholine rings is 1. The number of hydrogen-bond acceptors (Lipinski definition) is 5. The summed E-state index contributed by atoms with van der Waals surface area (Å²) in [4.78, 5) is 15.8. The van der Waals surface area contributed by atoms with Crippen molar-refractivity contribution in [2.45, 2.75) is 30.8 Å². The molecule has 0 aromatic heterocycles. The zero-order valence-electron chi connectivity index (χ0n) is 21.6. The standard InChI is InChI=1S/C29H34ClN3O4S/c1-2-31-29(34)28(25-6-4-3-5-7-25)33(38(35,36)27-14-12-26(30)13-15-27)17-16-23-8-10-24(11-9-23)22-32-18-20-37-21-19-32/h3-15,28H,2,16-22H2,1H3,(H,31,34)/t28-/m1/s1. The van der Waals surface area contributed by atoms with Crippen LogP contribution >= 0.6 is 11.6 Å². The normalized spacial score (nSPS) is 15.3. The van der Waals surface area contributed by atoms with Crippen LogP contribution in [0.2, 0.25) is 5.02 Å². The van der Waals surface area contributed by atoms with Crippen LogP contribution in [0.1, 0.15) is 29.7 Å². The molecule has 1 aliphatic rings. The van der Waals surface area contributed by atoms with Gasteiger partial charge in [-0.25, -0.2) is 8.42 Å². The quantitative estimate of drug-likeness (QED) is 0.382. The number of rotatable bonds is 11. The first-order valence-corrected chi connectivity index (χ1v) is 14.7. The summed E-state index contributed by atoms with van der Waals surface area (Å²) in [6.45, 7) is 6.53. The van der Waals surface area contributed by atoms with Crippen LogP contribution in [0, 0.1) is 0 Å². The lowest BCUT2D eigenvalue weighted by Crippen LogP contribution is -2.44. The van der Waals surface area contributed by atoms with Crippen LogP contribution in [0.4, 0.5) is 0 Å². The van der Waals surface area contributed by atoms with Crippen LogP contribution < -0.4 is 5.32 Å². The van der Waals surface area contributed by atoms with Crippen molar-refractivity contribution in [3.05, 3.63) is 101 Å². The maximum absolute atomic E-state index is 14.0. The predicted octanol–water partition coefficient (Wildman–Crippen LogP) is 4.28. The van der Waals surface area contributed by atoms with Crippen molar-refractivity contribution in [3.8, 4) is 0 Å². The molecule has 9 heteroatoms. The highest BCUT2D eigenvalue weighted by Crippen LogP contribution is 2.29. The second-order valence-electron chi connectivity index (χ2n) is 9.23. The Hall–Kier alpha value is -2.75. The first kappa shape index (κ1) is 28.3. The van der Waals surface area contributed by atoms with Gasteiger partial charge in [-0.15, -0.1) is 0 Å². The molecule has 0 radical (unpaired) electrons. The third-order valence-corrected chi connectivity index (χ3v) is 8.71. The number of sulfonamides is 1. The average molecular weight is 556 g/mol. The molecule has 1 saturated heterocycles. The highest BCUT2D eigenvalue weighted by molar-refractivity contribution is 7.89. The van der Waals surface area contributed by atoms with Gasteiger partial charge in [-0.1, -0.05) is 66.2 Å². The average Bonchev–Trinajstić information content (AvgIpc) is 2.93. The number of benzene rings is 3. The number of likely N-dealkylation sites (N-methyl/N-ethyl adjacent to an activating group) is 1. The largest absolute Gasteiger partial charge is 0.379 e. The summed E-state index contributed by atoms with van der Waals surface area (Å²) < 4.78 is 34.6. The van der Waals surface area contributed by atoms with Crippen LogP contribution in [-0.2, 0) is 32.5 Å². The third-order valence-electron chi connectivity index (χ3n) is 6.58. The van der Waals surface area contributed by atoms with Crippen LogP contribution in [0.25, 0.3) is 0 Å². The van der Waals surface area contributed by atoms with E-state index in [-0.39, 0.29) is 17.3 Å². The summed E-state index contributed by atoms with van der Waals surface area (Å²) in [5, 5.41) is 3.26. The van der Waals surface area contributed by atoms with Gasteiger partial charge in [0, 0.05) is 37.7 Å². The van der Waals surface area contributed by atoms with Gasteiger partial charge >= 0.3 is 0 Å². The number of amides is 1. The summed E-state index contributed by atoms with van der Waals surface area (Å²) in [6, 6.07) is 22.3. The molecule has 0 spiro atoms. The fourth-order valence-corrected chi connectivity index (χ4v) is 6.26. The van der Waals surface area contributed by atoms with E-state index in [1.807, 2.05) is 37.3 Å². The molecule has 0 unspecified atom stereocenters. The van der Waals surface area contributed by atoms with Gasteiger partial charge in [-0.3, -0.25) is 9.69 Å². The molecule has 7 nitrogen and oxygen atoms in total. The van der Waals surface area contributed by atoms with Crippen molar-refractivity contribution in [3.63, 3.8) is 0 Å². The first-order chi connectivity index (χ1) is 18.4. The molecule has 4 rings (SSSR count). The molecule has 1 heterocycles. The van der Waals surface area contributed by atoms with E-state index in [4.69, 9.17) is 16.3 Å². The van der Waals surface area contributed by atoms with Gasteiger partial charge < -0.3 is 10.1 Å². The highest BCUT2D eigenvalue weighted by atomic mass is 35.5. The van der Waals surface area contributed by atoms with Crippen molar-refractivity contribution in [1.82, 2.24) is 14.5 Å². The van der Waals surface area contributed by atoms with E-state index >= 15 is 0 Å². The molecule has 0 bridgehead atoms. The molecular formula is C29H34ClN3O4S. The molecule has 1 fully saturated rings. The Morgan fingerprint density at radius 2 is 1.61 bits per heavy atom. The zero-order chi connectivity index (χ0) is 27.0. The maximum atomic E-state index is 14.0. The van der Waals surface area contributed by atoms with E-state index in [0.717, 1.165) is 38.4 Å². The minimum atomic E-state index is -4.03. The number of nitrogens with zero attached hydrogens (tertiary/aromatic N) is 2. The van der Waals surface area contributed by atoms with Gasteiger partial charge in [0.15, 0.2) is 0 Å². The SMILES string of the molecule is CCNC(=O)[C@@H](c1ccccc1)N(CCc1ccc(CN2CCOCC2)cc1)S(=O)(=O)c1ccc(Cl)cc1. The van der Waals surface area contributed by atoms with Crippen molar-refractivity contribution < 1.29 is 17.9 Å². The molecule has 1 atom stereocenters. The van der Waals surface area contributed by atoms with E-state index < -0.39 is 16.1 Å². The van der Waals surface area contributed by atoms with E-state index in [2.05, 4.69) is 22.3 Å². The zero-order valence-corrected chi connectivity index (χ0v) is 23.1. The molecule has 3 aromatic rings. The Balaban J connectivity index is 1.61. The molecule has 0 aliphatic carbocycles. The summed E-state index contributed by atoms with van der Waals surface area (Å²) in [5.41, 5.74) is 2.80. The Morgan fingerprint density at radius 3 is 2.24 bits per heavy atom. The number of hydrogen-bond donors (Lipinski definition) is 1. The van der Waals surface area contributed by atoms with Crippen molar-refractivity contribution in [2.75, 3.05) is 39.4 Å². The lowest BCUT2D eigenvalue weighted by molar-refractivity contribution is -0.125. The fourth-order valence-electron chi connectivity index (χ4n) is 4.55. The molecule has 0 saturated carbocycles. The topological polar surface area (TPSA) is 79.0 Å². The molecule has 1 N–H and O–H groups in total. The van der Waals surface area contributed by atoms with Gasteiger partial charge in [-0.2, -0.15) is 4.31 Å². The summed E-state index contributed by atoms with van der Waals surface area (Å²) in [6.07, 6.45) is 0.452. The second kappa shape index (κ2) is 13.4.